The van der Waals surface area contributed by atoms with Crippen LogP contribution in [0.15, 0.2) is 0 Å². The van der Waals surface area contributed by atoms with Gasteiger partial charge < -0.3 is 9.47 Å². The van der Waals surface area contributed by atoms with Crippen molar-refractivity contribution in [2.75, 3.05) is 12.5 Å². The molecule has 0 saturated carbocycles. The molecule has 1 aliphatic heterocycles. The molecule has 0 aromatic rings. The van der Waals surface area contributed by atoms with Crippen LogP contribution in [0, 0.1) is 0 Å². The highest BCUT2D eigenvalue weighted by molar-refractivity contribution is 8.77. The van der Waals surface area contributed by atoms with Gasteiger partial charge in [0.25, 0.3) is 0 Å². The number of hydrogen-bond acceptors (Lipinski definition) is 6. The minimum absolute atomic E-state index is 0.243. The lowest BCUT2D eigenvalue weighted by atomic mass is 10.1. The summed E-state index contributed by atoms with van der Waals surface area (Å²) < 4.78 is 9.59. The molecular weight excluding hydrogens is 284 g/mol. The van der Waals surface area contributed by atoms with E-state index in [1.807, 2.05) is 28.5 Å². The van der Waals surface area contributed by atoms with Gasteiger partial charge in [0.15, 0.2) is 0 Å². The molecule has 0 unspecified atom stereocenters. The maximum absolute atomic E-state index is 11.4. The van der Waals surface area contributed by atoms with E-state index in [-0.39, 0.29) is 18.7 Å². The predicted molar refractivity (Wildman–Crippen MR) is 78.9 cm³/mol. The maximum atomic E-state index is 11.4. The third-order valence-corrected chi connectivity index (χ3v) is 5.79. The zero-order valence-corrected chi connectivity index (χ0v) is 13.0. The molecule has 0 aliphatic carbocycles. The fourth-order valence-corrected chi connectivity index (χ4v) is 4.74. The highest BCUT2D eigenvalue weighted by atomic mass is 33.1. The van der Waals surface area contributed by atoms with Crippen molar-refractivity contribution in [1.29, 1.82) is 0 Å². The van der Waals surface area contributed by atoms with Gasteiger partial charge in [0.05, 0.1) is 0 Å². The van der Waals surface area contributed by atoms with Gasteiger partial charge in [-0.1, -0.05) is 34.9 Å². The van der Waals surface area contributed by atoms with Gasteiger partial charge in [0.1, 0.15) is 0 Å². The second-order valence-corrected chi connectivity index (χ2v) is 7.26. The number of carbonyl (C=O) groups excluding carboxylic acids is 2. The molecule has 1 heterocycles. The first kappa shape index (κ1) is 16.7. The number of hydrogen-bond donors (Lipinski definition) is 0. The lowest BCUT2D eigenvalue weighted by molar-refractivity contribution is -0.167. The summed E-state index contributed by atoms with van der Waals surface area (Å²) in [5.74, 6) is 0.657. The van der Waals surface area contributed by atoms with Crippen molar-refractivity contribution in [3.8, 4) is 0 Å². The van der Waals surface area contributed by atoms with E-state index < -0.39 is 0 Å². The van der Waals surface area contributed by atoms with E-state index in [0.29, 0.717) is 12.8 Å². The molecule has 0 aromatic heterocycles. The van der Waals surface area contributed by atoms with E-state index in [4.69, 9.17) is 9.47 Å². The Hall–Kier alpha value is -0.360. The Morgan fingerprint density at radius 2 is 1.89 bits per heavy atom. The number of unbranched alkanes of at least 4 members (excludes halogenated alkanes) is 1. The van der Waals surface area contributed by atoms with Crippen LogP contribution >= 0.6 is 21.6 Å². The highest BCUT2D eigenvalue weighted by Gasteiger charge is 2.16. The molecule has 1 atom stereocenters. The molecule has 0 aromatic carbocycles. The Balaban J connectivity index is 1.91. The zero-order valence-electron chi connectivity index (χ0n) is 11.4. The molecule has 0 radical (unpaired) electrons. The van der Waals surface area contributed by atoms with Crippen LogP contribution in [0.5, 0.6) is 0 Å². The van der Waals surface area contributed by atoms with Gasteiger partial charge in [0.2, 0.25) is 6.79 Å². The van der Waals surface area contributed by atoms with Crippen LogP contribution in [0.3, 0.4) is 0 Å². The third kappa shape index (κ3) is 8.42. The van der Waals surface area contributed by atoms with Gasteiger partial charge in [-0.25, -0.2) is 0 Å². The maximum Gasteiger partial charge on any atom is 0.308 e. The summed E-state index contributed by atoms with van der Waals surface area (Å²) in [7, 11) is 3.91. The summed E-state index contributed by atoms with van der Waals surface area (Å²) in [6, 6.07) is 0. The molecule has 4 nitrogen and oxygen atoms in total. The number of ether oxygens (including phenoxy) is 2. The molecule has 0 spiro atoms. The number of rotatable bonds is 9. The summed E-state index contributed by atoms with van der Waals surface area (Å²) in [4.78, 5) is 22.4. The molecule has 0 bridgehead atoms. The molecule has 1 rings (SSSR count). The van der Waals surface area contributed by atoms with Gasteiger partial charge in [0, 0.05) is 23.8 Å². The molecule has 19 heavy (non-hydrogen) atoms. The van der Waals surface area contributed by atoms with Gasteiger partial charge >= 0.3 is 11.9 Å². The second kappa shape index (κ2) is 10.4. The predicted octanol–water partition coefficient (Wildman–Crippen LogP) is 3.54. The minimum Gasteiger partial charge on any atom is -0.428 e. The molecule has 1 aliphatic rings. The lowest BCUT2D eigenvalue weighted by Gasteiger charge is -2.07. The largest absolute Gasteiger partial charge is 0.428 e. The highest BCUT2D eigenvalue weighted by Crippen LogP contribution is 2.39. The first-order valence-corrected chi connectivity index (χ1v) is 9.20. The van der Waals surface area contributed by atoms with Gasteiger partial charge in [-0.05, 0) is 25.7 Å². The van der Waals surface area contributed by atoms with Gasteiger partial charge in [-0.2, -0.15) is 0 Å². The molecule has 1 fully saturated rings. The Morgan fingerprint density at radius 1 is 1.16 bits per heavy atom. The van der Waals surface area contributed by atoms with Crippen LogP contribution in [0.25, 0.3) is 0 Å². The first-order chi connectivity index (χ1) is 9.22. The van der Waals surface area contributed by atoms with Crippen LogP contribution in [0.4, 0.5) is 0 Å². The Kier molecular flexibility index (Phi) is 9.16. The zero-order chi connectivity index (χ0) is 13.9. The molecule has 0 N–H and O–H groups in total. The van der Waals surface area contributed by atoms with Crippen LogP contribution in [-0.4, -0.2) is 29.7 Å². The average molecular weight is 306 g/mol. The summed E-state index contributed by atoms with van der Waals surface area (Å²) in [6.45, 7) is 1.65. The topological polar surface area (TPSA) is 52.6 Å². The Labute approximate surface area is 122 Å². The van der Waals surface area contributed by atoms with Gasteiger partial charge in [-0.15, -0.1) is 0 Å². The summed E-state index contributed by atoms with van der Waals surface area (Å²) in [6.07, 6.45) is 5.89. The monoisotopic (exact) mass is 306 g/mol. The van der Waals surface area contributed by atoms with Crippen molar-refractivity contribution in [1.82, 2.24) is 0 Å². The number of esters is 2. The van der Waals surface area contributed by atoms with E-state index in [2.05, 4.69) is 0 Å². The third-order valence-electron chi connectivity index (χ3n) is 2.78. The van der Waals surface area contributed by atoms with Crippen molar-refractivity contribution in [3.63, 3.8) is 0 Å². The molecule has 110 valence electrons. The van der Waals surface area contributed by atoms with E-state index in [0.717, 1.165) is 24.5 Å². The van der Waals surface area contributed by atoms with E-state index in [9.17, 15) is 9.59 Å². The molecule has 1 saturated heterocycles. The van der Waals surface area contributed by atoms with E-state index >= 15 is 0 Å². The van der Waals surface area contributed by atoms with Crippen LogP contribution in [0.1, 0.15) is 51.9 Å². The van der Waals surface area contributed by atoms with Crippen molar-refractivity contribution in [2.24, 2.45) is 0 Å². The fraction of sp³-hybridized carbons (Fsp3) is 0.846. The molecule has 6 heteroatoms. The molecular formula is C13H22O4S2. The summed E-state index contributed by atoms with van der Waals surface area (Å²) >= 11 is 0. The normalized spacial score (nSPS) is 18.3. The Morgan fingerprint density at radius 3 is 2.53 bits per heavy atom. The smallest absolute Gasteiger partial charge is 0.308 e. The summed E-state index contributed by atoms with van der Waals surface area (Å²) in [5.41, 5.74) is 0. The lowest BCUT2D eigenvalue weighted by Crippen LogP contribution is -2.12. The quantitative estimate of drug-likeness (QED) is 0.281. The van der Waals surface area contributed by atoms with Gasteiger partial charge in [-0.3, -0.25) is 9.59 Å². The van der Waals surface area contributed by atoms with Crippen molar-refractivity contribution >= 4 is 33.5 Å². The summed E-state index contributed by atoms with van der Waals surface area (Å²) in [5, 5.41) is 0.760. The van der Waals surface area contributed by atoms with Crippen LogP contribution < -0.4 is 0 Å². The van der Waals surface area contributed by atoms with Crippen molar-refractivity contribution < 1.29 is 19.1 Å². The van der Waals surface area contributed by atoms with Crippen LogP contribution in [-0.2, 0) is 19.1 Å². The number of carbonyl (C=O) groups is 2. The minimum atomic E-state index is -0.314. The second-order valence-electron chi connectivity index (χ2n) is 4.48. The van der Waals surface area contributed by atoms with Crippen LogP contribution in [0.2, 0.25) is 0 Å². The molecule has 0 amide bonds. The standard InChI is InChI=1S/C13H22O4S2/c1-2-5-12(14)16-10-17-13(15)7-4-3-6-11-8-9-18-19-11/h11H,2-10H2,1H3/t11-/m1/s1. The fourth-order valence-electron chi connectivity index (χ4n) is 1.72. The van der Waals surface area contributed by atoms with E-state index in [1.54, 1.807) is 0 Å². The SMILES string of the molecule is CCCC(=O)OCOC(=O)CCCC[C@@H]1CCSS1. The Bertz CT molecular complexity index is 278. The van der Waals surface area contributed by atoms with Crippen molar-refractivity contribution in [3.05, 3.63) is 0 Å². The first-order valence-electron chi connectivity index (χ1n) is 6.82. The van der Waals surface area contributed by atoms with E-state index in [1.165, 1.54) is 18.6 Å². The average Bonchev–Trinajstić information content (AvgIpc) is 2.88. The van der Waals surface area contributed by atoms with Crippen molar-refractivity contribution in [2.45, 2.75) is 57.1 Å².